The van der Waals surface area contributed by atoms with Crippen molar-refractivity contribution in [3.63, 3.8) is 0 Å². The van der Waals surface area contributed by atoms with E-state index < -0.39 is 0 Å². The lowest BCUT2D eigenvalue weighted by Gasteiger charge is -2.38. The summed E-state index contributed by atoms with van der Waals surface area (Å²) in [5.41, 5.74) is 1.98. The molecule has 5 nitrogen and oxygen atoms in total. The predicted molar refractivity (Wildman–Crippen MR) is 98.7 cm³/mol. The second-order valence-electron chi connectivity index (χ2n) is 7.16. The average Bonchev–Trinajstić information content (AvgIpc) is 2.63. The van der Waals surface area contributed by atoms with E-state index in [1.165, 1.54) is 5.69 Å². The van der Waals surface area contributed by atoms with Gasteiger partial charge in [-0.3, -0.25) is 9.69 Å². The Kier molecular flexibility index (Phi) is 5.74. The van der Waals surface area contributed by atoms with Gasteiger partial charge in [0.1, 0.15) is 0 Å². The van der Waals surface area contributed by atoms with Crippen molar-refractivity contribution in [3.8, 4) is 0 Å². The summed E-state index contributed by atoms with van der Waals surface area (Å²) < 4.78 is 0. The van der Waals surface area contributed by atoms with Gasteiger partial charge in [0.25, 0.3) is 5.91 Å². The number of nitrogens with one attached hydrogen (secondary N) is 2. The van der Waals surface area contributed by atoms with Crippen molar-refractivity contribution in [2.45, 2.75) is 38.8 Å². The van der Waals surface area contributed by atoms with Crippen LogP contribution in [0.4, 0.5) is 5.69 Å². The van der Waals surface area contributed by atoms with E-state index in [0.29, 0.717) is 12.1 Å². The Morgan fingerprint density at radius 3 is 2.29 bits per heavy atom. The maximum Gasteiger partial charge on any atom is 0.251 e. The molecule has 2 aliphatic heterocycles. The number of piperidine rings is 1. The Bertz CT molecular complexity index is 529. The lowest BCUT2D eigenvalue weighted by molar-refractivity contribution is 0.0929. The third-order valence-corrected chi connectivity index (χ3v) is 5.21. The summed E-state index contributed by atoms with van der Waals surface area (Å²) in [4.78, 5) is 17.3. The van der Waals surface area contributed by atoms with Gasteiger partial charge in [0, 0.05) is 49.5 Å². The Morgan fingerprint density at radius 2 is 1.71 bits per heavy atom. The standard InChI is InChI=1S/C19H30N4O/c1-15(2)22-11-13-23(14-12-22)18-5-3-16(4-6-18)19(24)21-17-7-9-20-10-8-17/h3-6,15,17,20H,7-14H2,1-2H3,(H,21,24). The van der Waals surface area contributed by atoms with Crippen LogP contribution >= 0.6 is 0 Å². The zero-order chi connectivity index (χ0) is 16.9. The van der Waals surface area contributed by atoms with Gasteiger partial charge in [-0.25, -0.2) is 0 Å². The average molecular weight is 330 g/mol. The van der Waals surface area contributed by atoms with Crippen LogP contribution in [0.1, 0.15) is 37.0 Å². The number of carbonyl (C=O) groups is 1. The molecule has 0 spiro atoms. The molecule has 0 bridgehead atoms. The molecule has 2 heterocycles. The first-order valence-corrected chi connectivity index (χ1v) is 9.24. The Hall–Kier alpha value is -1.59. The Balaban J connectivity index is 1.54. The third kappa shape index (κ3) is 4.28. The quantitative estimate of drug-likeness (QED) is 0.882. The van der Waals surface area contributed by atoms with Crippen LogP contribution in [0.15, 0.2) is 24.3 Å². The van der Waals surface area contributed by atoms with Gasteiger partial charge in [0.2, 0.25) is 0 Å². The van der Waals surface area contributed by atoms with Crippen LogP contribution in [0, 0.1) is 0 Å². The first-order chi connectivity index (χ1) is 11.6. The van der Waals surface area contributed by atoms with Gasteiger partial charge < -0.3 is 15.5 Å². The SMILES string of the molecule is CC(C)N1CCN(c2ccc(C(=O)NC3CCNCC3)cc2)CC1. The van der Waals surface area contributed by atoms with E-state index in [1.807, 2.05) is 12.1 Å². The molecule has 0 saturated carbocycles. The molecule has 0 aliphatic carbocycles. The van der Waals surface area contributed by atoms with Gasteiger partial charge in [-0.2, -0.15) is 0 Å². The van der Waals surface area contributed by atoms with Gasteiger partial charge in [0.05, 0.1) is 0 Å². The van der Waals surface area contributed by atoms with Crippen molar-refractivity contribution in [3.05, 3.63) is 29.8 Å². The molecule has 5 heteroatoms. The summed E-state index contributed by atoms with van der Waals surface area (Å²) in [6, 6.07) is 9.02. The molecule has 132 valence electrons. The molecule has 0 atom stereocenters. The molecule has 3 rings (SSSR count). The number of amides is 1. The minimum Gasteiger partial charge on any atom is -0.369 e. The Morgan fingerprint density at radius 1 is 1.08 bits per heavy atom. The van der Waals surface area contributed by atoms with E-state index in [-0.39, 0.29) is 5.91 Å². The molecule has 0 unspecified atom stereocenters. The highest BCUT2D eigenvalue weighted by Crippen LogP contribution is 2.18. The van der Waals surface area contributed by atoms with Crippen LogP contribution in [0.3, 0.4) is 0 Å². The van der Waals surface area contributed by atoms with Gasteiger partial charge in [-0.05, 0) is 64.0 Å². The second kappa shape index (κ2) is 7.99. The molecule has 2 fully saturated rings. The fourth-order valence-electron chi connectivity index (χ4n) is 3.56. The lowest BCUT2D eigenvalue weighted by Crippen LogP contribution is -2.48. The van der Waals surface area contributed by atoms with Crippen LogP contribution in [-0.2, 0) is 0 Å². The summed E-state index contributed by atoms with van der Waals surface area (Å²) in [5, 5.41) is 6.47. The molecular formula is C19H30N4O. The number of hydrogen-bond acceptors (Lipinski definition) is 4. The highest BCUT2D eigenvalue weighted by molar-refractivity contribution is 5.94. The summed E-state index contributed by atoms with van der Waals surface area (Å²) in [7, 11) is 0. The highest BCUT2D eigenvalue weighted by Gasteiger charge is 2.20. The number of anilines is 1. The molecule has 24 heavy (non-hydrogen) atoms. The first-order valence-electron chi connectivity index (χ1n) is 9.24. The number of benzene rings is 1. The van der Waals surface area contributed by atoms with Gasteiger partial charge >= 0.3 is 0 Å². The third-order valence-electron chi connectivity index (χ3n) is 5.21. The van der Waals surface area contributed by atoms with Crippen molar-refractivity contribution in [1.29, 1.82) is 0 Å². The van der Waals surface area contributed by atoms with E-state index in [0.717, 1.165) is 57.7 Å². The van der Waals surface area contributed by atoms with Crippen LogP contribution in [0.2, 0.25) is 0 Å². The minimum atomic E-state index is 0.0538. The van der Waals surface area contributed by atoms with Crippen LogP contribution in [0.25, 0.3) is 0 Å². The highest BCUT2D eigenvalue weighted by atomic mass is 16.1. The van der Waals surface area contributed by atoms with E-state index in [4.69, 9.17) is 0 Å². The van der Waals surface area contributed by atoms with Crippen LogP contribution in [0.5, 0.6) is 0 Å². The van der Waals surface area contributed by atoms with Gasteiger partial charge in [-0.1, -0.05) is 0 Å². The largest absolute Gasteiger partial charge is 0.369 e. The van der Waals surface area contributed by atoms with Crippen molar-refractivity contribution in [2.24, 2.45) is 0 Å². The topological polar surface area (TPSA) is 47.6 Å². The minimum absolute atomic E-state index is 0.0538. The molecule has 1 aromatic rings. The Labute approximate surface area is 145 Å². The summed E-state index contributed by atoms with van der Waals surface area (Å²) in [6.45, 7) is 10.8. The monoisotopic (exact) mass is 330 g/mol. The number of piperazine rings is 1. The van der Waals surface area contributed by atoms with Gasteiger partial charge in [0.15, 0.2) is 0 Å². The summed E-state index contributed by atoms with van der Waals surface area (Å²) in [5.74, 6) is 0.0538. The number of rotatable bonds is 4. The van der Waals surface area contributed by atoms with E-state index >= 15 is 0 Å². The molecule has 2 aliphatic rings. The maximum absolute atomic E-state index is 12.4. The predicted octanol–water partition coefficient (Wildman–Crippen LogP) is 1.70. The molecule has 1 aromatic carbocycles. The smallest absolute Gasteiger partial charge is 0.251 e. The molecule has 2 N–H and O–H groups in total. The van der Waals surface area contributed by atoms with E-state index in [2.05, 4.69) is 46.4 Å². The lowest BCUT2D eigenvalue weighted by atomic mass is 10.1. The van der Waals surface area contributed by atoms with Crippen molar-refractivity contribution in [1.82, 2.24) is 15.5 Å². The van der Waals surface area contributed by atoms with Gasteiger partial charge in [-0.15, -0.1) is 0 Å². The number of nitrogens with zero attached hydrogens (tertiary/aromatic N) is 2. The summed E-state index contributed by atoms with van der Waals surface area (Å²) >= 11 is 0. The fourth-order valence-corrected chi connectivity index (χ4v) is 3.56. The van der Waals surface area contributed by atoms with E-state index in [9.17, 15) is 4.79 Å². The maximum atomic E-state index is 12.4. The first kappa shape index (κ1) is 17.2. The summed E-state index contributed by atoms with van der Waals surface area (Å²) in [6.07, 6.45) is 2.04. The molecule has 2 saturated heterocycles. The molecular weight excluding hydrogens is 300 g/mol. The van der Waals surface area contributed by atoms with Crippen LogP contribution < -0.4 is 15.5 Å². The van der Waals surface area contributed by atoms with Crippen molar-refractivity contribution in [2.75, 3.05) is 44.2 Å². The van der Waals surface area contributed by atoms with Crippen molar-refractivity contribution < 1.29 is 4.79 Å². The molecule has 0 radical (unpaired) electrons. The number of hydrogen-bond donors (Lipinski definition) is 2. The van der Waals surface area contributed by atoms with Crippen molar-refractivity contribution >= 4 is 11.6 Å². The van der Waals surface area contributed by atoms with Crippen LogP contribution in [-0.4, -0.2) is 62.2 Å². The number of carbonyl (C=O) groups excluding carboxylic acids is 1. The normalized spacial score (nSPS) is 20.4. The molecule has 0 aromatic heterocycles. The zero-order valence-electron chi connectivity index (χ0n) is 14.9. The second-order valence-corrected chi connectivity index (χ2v) is 7.16. The van der Waals surface area contributed by atoms with E-state index in [1.54, 1.807) is 0 Å². The molecule has 1 amide bonds. The zero-order valence-corrected chi connectivity index (χ0v) is 14.9. The fraction of sp³-hybridized carbons (Fsp3) is 0.632.